The Morgan fingerprint density at radius 2 is 2.10 bits per heavy atom. The molecule has 156 valence electrons. The van der Waals surface area contributed by atoms with Gasteiger partial charge in [-0.15, -0.1) is 0 Å². The van der Waals surface area contributed by atoms with Crippen LogP contribution in [0.15, 0.2) is 52.9 Å². The van der Waals surface area contributed by atoms with E-state index in [9.17, 15) is 14.3 Å². The highest BCUT2D eigenvalue weighted by atomic mass is 32.1. The van der Waals surface area contributed by atoms with Gasteiger partial charge in [0.25, 0.3) is 5.91 Å². The molecule has 2 N–H and O–H groups in total. The lowest BCUT2D eigenvalue weighted by atomic mass is 9.81. The minimum Gasteiger partial charge on any atom is -0.459 e. The number of aliphatic hydroxyl groups is 1. The van der Waals surface area contributed by atoms with E-state index in [1.54, 1.807) is 23.5 Å². The van der Waals surface area contributed by atoms with Gasteiger partial charge in [-0.05, 0) is 65.9 Å². The molecule has 2 aromatic rings. The molecule has 29 heavy (non-hydrogen) atoms. The van der Waals surface area contributed by atoms with Crippen LogP contribution in [0.1, 0.15) is 36.8 Å². The Morgan fingerprint density at radius 3 is 2.76 bits per heavy atom. The number of nitrogens with one attached hydrogen (secondary N) is 1. The molecule has 1 aliphatic rings. The molecule has 1 amide bonds. The summed E-state index contributed by atoms with van der Waals surface area (Å²) in [6.45, 7) is 2.72. The average molecular weight is 420 g/mol. The quantitative estimate of drug-likeness (QED) is 0.646. The summed E-state index contributed by atoms with van der Waals surface area (Å²) < 4.78 is 24.8. The highest BCUT2D eigenvalue weighted by Crippen LogP contribution is 2.40. The third-order valence-corrected chi connectivity index (χ3v) is 5.63. The van der Waals surface area contributed by atoms with Crippen LogP contribution in [0, 0.1) is 11.7 Å². The molecular formula is C22H26FNO4S. The van der Waals surface area contributed by atoms with Gasteiger partial charge in [0.1, 0.15) is 5.82 Å². The number of aliphatic hydroxyl groups excluding tert-OH is 1. The van der Waals surface area contributed by atoms with E-state index in [4.69, 9.17) is 9.47 Å². The van der Waals surface area contributed by atoms with E-state index in [0.29, 0.717) is 13.0 Å². The van der Waals surface area contributed by atoms with Crippen LogP contribution in [0.3, 0.4) is 0 Å². The highest BCUT2D eigenvalue weighted by Gasteiger charge is 2.37. The summed E-state index contributed by atoms with van der Waals surface area (Å²) in [4.78, 5) is 12.8. The molecule has 0 spiro atoms. The van der Waals surface area contributed by atoms with Crippen LogP contribution in [0.4, 0.5) is 4.39 Å². The summed E-state index contributed by atoms with van der Waals surface area (Å²) in [6, 6.07) is 8.03. The van der Waals surface area contributed by atoms with Crippen LogP contribution < -0.4 is 5.32 Å². The van der Waals surface area contributed by atoms with Gasteiger partial charge in [0.05, 0.1) is 0 Å². The lowest BCUT2D eigenvalue weighted by Gasteiger charge is -2.36. The van der Waals surface area contributed by atoms with Crippen molar-refractivity contribution in [2.75, 3.05) is 13.2 Å². The minimum atomic E-state index is -0.562. The van der Waals surface area contributed by atoms with Crippen molar-refractivity contribution in [1.82, 2.24) is 5.32 Å². The average Bonchev–Trinajstić information content (AvgIpc) is 3.26. The van der Waals surface area contributed by atoms with E-state index < -0.39 is 6.29 Å². The number of benzene rings is 1. The summed E-state index contributed by atoms with van der Waals surface area (Å²) in [6.07, 6.45) is 2.65. The van der Waals surface area contributed by atoms with Gasteiger partial charge in [0, 0.05) is 31.6 Å². The summed E-state index contributed by atoms with van der Waals surface area (Å²) in [5, 5.41) is 16.2. The molecule has 0 aliphatic carbocycles. The van der Waals surface area contributed by atoms with E-state index in [0.717, 1.165) is 17.5 Å². The fourth-order valence-electron chi connectivity index (χ4n) is 3.48. The van der Waals surface area contributed by atoms with E-state index in [1.807, 2.05) is 24.4 Å². The molecule has 1 aromatic heterocycles. The Balaban J connectivity index is 1.78. The fourth-order valence-corrected chi connectivity index (χ4v) is 4.19. The molecule has 0 saturated carbocycles. The molecule has 0 unspecified atom stereocenters. The number of carbonyl (C=O) groups is 1. The molecule has 5 nitrogen and oxygen atoms in total. The van der Waals surface area contributed by atoms with E-state index in [1.165, 1.54) is 12.1 Å². The first kappa shape index (κ1) is 21.5. The van der Waals surface area contributed by atoms with Gasteiger partial charge in [0.15, 0.2) is 5.76 Å². The lowest BCUT2D eigenvalue weighted by molar-refractivity contribution is -0.166. The van der Waals surface area contributed by atoms with Gasteiger partial charge in [-0.3, -0.25) is 4.79 Å². The van der Waals surface area contributed by atoms with Gasteiger partial charge in [-0.25, -0.2) is 4.39 Å². The van der Waals surface area contributed by atoms with Crippen molar-refractivity contribution in [3.05, 3.63) is 69.9 Å². The zero-order valence-electron chi connectivity index (χ0n) is 16.3. The van der Waals surface area contributed by atoms with Gasteiger partial charge in [-0.2, -0.15) is 11.3 Å². The van der Waals surface area contributed by atoms with Crippen LogP contribution in [-0.2, 0) is 20.8 Å². The van der Waals surface area contributed by atoms with E-state index >= 15 is 0 Å². The Bertz CT molecular complexity index is 807. The minimum absolute atomic E-state index is 0.00495. The second kappa shape index (κ2) is 10.5. The topological polar surface area (TPSA) is 67.8 Å². The number of amides is 1. The number of hydrogen-bond acceptors (Lipinski definition) is 5. The summed E-state index contributed by atoms with van der Waals surface area (Å²) >= 11 is 1.60. The van der Waals surface area contributed by atoms with Crippen molar-refractivity contribution in [2.45, 2.75) is 38.5 Å². The first-order valence-corrected chi connectivity index (χ1v) is 10.7. The normalized spacial score (nSPS) is 21.3. The van der Waals surface area contributed by atoms with Crippen LogP contribution in [0.2, 0.25) is 0 Å². The number of thiophene rings is 1. The van der Waals surface area contributed by atoms with Crippen LogP contribution in [0.25, 0.3) is 0 Å². The van der Waals surface area contributed by atoms with Gasteiger partial charge >= 0.3 is 0 Å². The van der Waals surface area contributed by atoms with Crippen molar-refractivity contribution in [3.63, 3.8) is 0 Å². The van der Waals surface area contributed by atoms with Crippen molar-refractivity contribution in [3.8, 4) is 0 Å². The number of hydrogen-bond donors (Lipinski definition) is 2. The first-order valence-electron chi connectivity index (χ1n) is 9.78. The first-order chi connectivity index (χ1) is 14.1. The number of ether oxygens (including phenoxy) is 2. The zero-order chi connectivity index (χ0) is 20.6. The lowest BCUT2D eigenvalue weighted by Crippen LogP contribution is -2.38. The van der Waals surface area contributed by atoms with Crippen LogP contribution in [0.5, 0.6) is 0 Å². The van der Waals surface area contributed by atoms with Crippen molar-refractivity contribution in [1.29, 1.82) is 0 Å². The maximum absolute atomic E-state index is 13.0. The van der Waals surface area contributed by atoms with Gasteiger partial charge in [0.2, 0.25) is 6.29 Å². The molecule has 2 heterocycles. The Labute approximate surface area is 174 Å². The van der Waals surface area contributed by atoms with Crippen molar-refractivity contribution < 1.29 is 23.8 Å². The number of allylic oxidation sites excluding steroid dienone is 1. The Kier molecular flexibility index (Phi) is 7.80. The molecule has 0 radical (unpaired) electrons. The SMILES string of the molecule is CCO[C@@H]1OC(C(=O)NCc2ccc(F)cc2)=C[C@H](c2ccsc2)[C@H]1CCCO. The molecule has 0 fully saturated rings. The standard InChI is InChI=1S/C22H26FNO4S/c1-2-27-22-18(4-3-10-25)19(16-9-11-29-14-16)12-20(28-22)21(26)24-13-15-5-7-17(23)8-6-15/h5-9,11-12,14,18-19,22,25H,2-4,10,13H2,1H3,(H,24,26)/t18-,19-,22-/m1/s1. The Hall–Kier alpha value is -2.22. The molecule has 0 bridgehead atoms. The van der Waals surface area contributed by atoms with Crippen molar-refractivity contribution in [2.24, 2.45) is 5.92 Å². The summed E-state index contributed by atoms with van der Waals surface area (Å²) in [5.74, 6) is -0.456. The monoisotopic (exact) mass is 419 g/mol. The van der Waals surface area contributed by atoms with Gasteiger partial charge in [-0.1, -0.05) is 12.1 Å². The summed E-state index contributed by atoms with van der Waals surface area (Å²) in [5.41, 5.74) is 1.91. The molecule has 1 aromatic carbocycles. The largest absolute Gasteiger partial charge is 0.459 e. The molecule has 7 heteroatoms. The molecule has 3 atom stereocenters. The Morgan fingerprint density at radius 1 is 1.31 bits per heavy atom. The van der Waals surface area contributed by atoms with E-state index in [-0.39, 0.29) is 42.5 Å². The maximum atomic E-state index is 13.0. The van der Waals surface area contributed by atoms with Crippen LogP contribution in [-0.4, -0.2) is 30.5 Å². The molecular weight excluding hydrogens is 393 g/mol. The second-order valence-electron chi connectivity index (χ2n) is 6.89. The maximum Gasteiger partial charge on any atom is 0.286 e. The summed E-state index contributed by atoms with van der Waals surface area (Å²) in [7, 11) is 0. The van der Waals surface area contributed by atoms with Crippen LogP contribution >= 0.6 is 11.3 Å². The smallest absolute Gasteiger partial charge is 0.286 e. The molecule has 0 saturated heterocycles. The number of rotatable bonds is 9. The number of halogens is 1. The fraction of sp³-hybridized carbons (Fsp3) is 0.409. The zero-order valence-corrected chi connectivity index (χ0v) is 17.2. The predicted molar refractivity (Wildman–Crippen MR) is 110 cm³/mol. The highest BCUT2D eigenvalue weighted by molar-refractivity contribution is 7.08. The third-order valence-electron chi connectivity index (χ3n) is 4.93. The predicted octanol–water partition coefficient (Wildman–Crippen LogP) is 3.95. The number of carbonyl (C=O) groups excluding carboxylic acids is 1. The van der Waals surface area contributed by atoms with E-state index in [2.05, 4.69) is 10.7 Å². The second-order valence-corrected chi connectivity index (χ2v) is 7.67. The van der Waals surface area contributed by atoms with Crippen molar-refractivity contribution >= 4 is 17.2 Å². The third kappa shape index (κ3) is 5.65. The molecule has 3 rings (SSSR count). The molecule has 1 aliphatic heterocycles. The van der Waals surface area contributed by atoms with Gasteiger partial charge < -0.3 is 19.9 Å².